The van der Waals surface area contributed by atoms with Gasteiger partial charge < -0.3 is 14.9 Å². The van der Waals surface area contributed by atoms with E-state index < -0.39 is 24.3 Å². The number of aliphatic hydroxyl groups excluding tert-OH is 2. The van der Waals surface area contributed by atoms with E-state index in [1.165, 1.54) is 5.57 Å². The van der Waals surface area contributed by atoms with E-state index in [9.17, 15) is 19.8 Å². The molecule has 1 fully saturated rings. The van der Waals surface area contributed by atoms with E-state index in [1.54, 1.807) is 6.08 Å². The number of carbonyl (C=O) groups excluding carboxylic acids is 2. The minimum Gasteiger partial charge on any atom is -0.433 e. The second-order valence-electron chi connectivity index (χ2n) is 7.01. The highest BCUT2D eigenvalue weighted by molar-refractivity contribution is 5.91. The molecule has 5 heteroatoms. The van der Waals surface area contributed by atoms with Crippen LogP contribution in [-0.4, -0.2) is 34.4 Å². The fraction of sp³-hybridized carbons (Fsp3) is 0.600. The molecule has 0 aromatic heterocycles. The Kier molecular flexibility index (Phi) is 8.79. The molecular formula is C20H30O5. The Labute approximate surface area is 150 Å². The van der Waals surface area contributed by atoms with Gasteiger partial charge in [0.05, 0.1) is 5.92 Å². The molecule has 0 radical (unpaired) electrons. The SMILES string of the molecule is CC(C)=CC(=O)CC(C)=CCCC(C)=CCCC1C(=O)OC(O)C1O. The second-order valence-corrected chi connectivity index (χ2v) is 7.01. The Balaban J connectivity index is 2.34. The minimum atomic E-state index is -1.40. The highest BCUT2D eigenvalue weighted by Crippen LogP contribution is 2.25. The van der Waals surface area contributed by atoms with Gasteiger partial charge in [-0.1, -0.05) is 28.9 Å². The van der Waals surface area contributed by atoms with Crippen LogP contribution in [0.25, 0.3) is 0 Å². The van der Waals surface area contributed by atoms with Crippen molar-refractivity contribution >= 4 is 11.8 Å². The lowest BCUT2D eigenvalue weighted by atomic mass is 9.97. The summed E-state index contributed by atoms with van der Waals surface area (Å²) in [4.78, 5) is 23.2. The monoisotopic (exact) mass is 350 g/mol. The zero-order valence-corrected chi connectivity index (χ0v) is 15.6. The largest absolute Gasteiger partial charge is 0.433 e. The molecule has 2 N–H and O–H groups in total. The summed E-state index contributed by atoms with van der Waals surface area (Å²) in [6, 6.07) is 0. The quantitative estimate of drug-likeness (QED) is 0.379. The van der Waals surface area contributed by atoms with Crippen molar-refractivity contribution in [3.05, 3.63) is 34.9 Å². The van der Waals surface area contributed by atoms with Crippen LogP contribution < -0.4 is 0 Å². The van der Waals surface area contributed by atoms with E-state index in [1.807, 2.05) is 33.8 Å². The number of rotatable bonds is 9. The first-order chi connectivity index (χ1) is 11.7. The van der Waals surface area contributed by atoms with Crippen molar-refractivity contribution < 1.29 is 24.5 Å². The van der Waals surface area contributed by atoms with Gasteiger partial charge in [-0.3, -0.25) is 9.59 Å². The van der Waals surface area contributed by atoms with Gasteiger partial charge in [0.15, 0.2) is 5.78 Å². The molecule has 3 unspecified atom stereocenters. The lowest BCUT2D eigenvalue weighted by molar-refractivity contribution is -0.159. The zero-order valence-electron chi connectivity index (χ0n) is 15.6. The molecule has 1 rings (SSSR count). The first-order valence-corrected chi connectivity index (χ1v) is 8.76. The number of allylic oxidation sites excluding steroid dienone is 6. The molecule has 1 aliphatic heterocycles. The first-order valence-electron chi connectivity index (χ1n) is 8.76. The van der Waals surface area contributed by atoms with Gasteiger partial charge in [-0.2, -0.15) is 0 Å². The summed E-state index contributed by atoms with van der Waals surface area (Å²) in [5, 5.41) is 18.9. The number of ether oxygens (including phenoxy) is 1. The molecule has 0 bridgehead atoms. The van der Waals surface area contributed by atoms with Crippen LogP contribution in [0.15, 0.2) is 34.9 Å². The molecule has 25 heavy (non-hydrogen) atoms. The molecule has 0 saturated carbocycles. The third-order valence-electron chi connectivity index (χ3n) is 4.15. The molecule has 0 aliphatic carbocycles. The Bertz CT molecular complexity index is 567. The van der Waals surface area contributed by atoms with Crippen LogP contribution in [0.5, 0.6) is 0 Å². The molecule has 0 amide bonds. The van der Waals surface area contributed by atoms with Crippen molar-refractivity contribution in [1.29, 1.82) is 0 Å². The third-order valence-corrected chi connectivity index (χ3v) is 4.15. The molecule has 1 heterocycles. The Morgan fingerprint density at radius 1 is 1.08 bits per heavy atom. The summed E-state index contributed by atoms with van der Waals surface area (Å²) in [5.74, 6) is -1.06. The van der Waals surface area contributed by atoms with E-state index in [4.69, 9.17) is 0 Å². The molecule has 0 spiro atoms. The zero-order chi connectivity index (χ0) is 19.0. The highest BCUT2D eigenvalue weighted by Gasteiger charge is 2.41. The molecule has 1 saturated heterocycles. The smallest absolute Gasteiger partial charge is 0.314 e. The summed E-state index contributed by atoms with van der Waals surface area (Å²) in [5.41, 5.74) is 3.28. The maximum Gasteiger partial charge on any atom is 0.314 e. The van der Waals surface area contributed by atoms with Crippen molar-refractivity contribution in [2.75, 3.05) is 0 Å². The standard InChI is InChI=1S/C20H30O5/c1-13(2)11-16(21)12-15(4)9-5-7-14(3)8-6-10-17-18(22)20(24)25-19(17)23/h8-9,11,17-18,20,22,24H,5-7,10,12H2,1-4H3. The van der Waals surface area contributed by atoms with E-state index in [0.29, 0.717) is 19.3 Å². The van der Waals surface area contributed by atoms with E-state index >= 15 is 0 Å². The normalized spacial score (nSPS) is 24.2. The van der Waals surface area contributed by atoms with Crippen LogP contribution in [0.1, 0.15) is 59.8 Å². The number of hydrogen-bond donors (Lipinski definition) is 2. The minimum absolute atomic E-state index is 0.130. The van der Waals surface area contributed by atoms with Crippen molar-refractivity contribution in [3.8, 4) is 0 Å². The van der Waals surface area contributed by atoms with Gasteiger partial charge in [0.25, 0.3) is 0 Å². The van der Waals surface area contributed by atoms with Crippen molar-refractivity contribution in [2.45, 2.75) is 72.2 Å². The molecule has 1 aliphatic rings. The van der Waals surface area contributed by atoms with Gasteiger partial charge >= 0.3 is 5.97 Å². The maximum atomic E-state index is 11.7. The Morgan fingerprint density at radius 2 is 1.72 bits per heavy atom. The van der Waals surface area contributed by atoms with E-state index in [-0.39, 0.29) is 5.78 Å². The van der Waals surface area contributed by atoms with Crippen LogP contribution in [0, 0.1) is 5.92 Å². The van der Waals surface area contributed by atoms with Gasteiger partial charge in [-0.05, 0) is 59.5 Å². The highest BCUT2D eigenvalue weighted by atomic mass is 16.7. The Morgan fingerprint density at radius 3 is 2.28 bits per heavy atom. The van der Waals surface area contributed by atoms with Gasteiger partial charge in [0, 0.05) is 6.42 Å². The maximum absolute atomic E-state index is 11.7. The molecule has 3 atom stereocenters. The summed E-state index contributed by atoms with van der Waals surface area (Å²) < 4.78 is 4.60. The fourth-order valence-corrected chi connectivity index (χ4v) is 2.78. The lowest BCUT2D eigenvalue weighted by Crippen LogP contribution is -2.26. The predicted octanol–water partition coefficient (Wildman–Crippen LogP) is 3.22. The van der Waals surface area contributed by atoms with Gasteiger partial charge in [0.1, 0.15) is 6.10 Å². The number of carbonyl (C=O) groups is 2. The van der Waals surface area contributed by atoms with Gasteiger partial charge in [-0.25, -0.2) is 0 Å². The summed E-state index contributed by atoms with van der Waals surface area (Å²) in [7, 11) is 0. The molecular weight excluding hydrogens is 320 g/mol. The number of hydrogen-bond acceptors (Lipinski definition) is 5. The summed E-state index contributed by atoms with van der Waals surface area (Å²) >= 11 is 0. The Hall–Kier alpha value is -1.72. The van der Waals surface area contributed by atoms with Crippen molar-refractivity contribution in [1.82, 2.24) is 0 Å². The van der Waals surface area contributed by atoms with Gasteiger partial charge in [0.2, 0.25) is 6.29 Å². The fourth-order valence-electron chi connectivity index (χ4n) is 2.78. The van der Waals surface area contributed by atoms with E-state index in [0.717, 1.165) is 24.0 Å². The van der Waals surface area contributed by atoms with Crippen LogP contribution >= 0.6 is 0 Å². The number of aliphatic hydroxyl groups is 2. The molecule has 0 aromatic rings. The summed E-state index contributed by atoms with van der Waals surface area (Å²) in [6.45, 7) is 7.82. The first kappa shape index (κ1) is 21.3. The van der Waals surface area contributed by atoms with Crippen LogP contribution in [0.3, 0.4) is 0 Å². The van der Waals surface area contributed by atoms with E-state index in [2.05, 4.69) is 10.8 Å². The van der Waals surface area contributed by atoms with Crippen LogP contribution in [0.2, 0.25) is 0 Å². The van der Waals surface area contributed by atoms with Crippen LogP contribution in [-0.2, 0) is 14.3 Å². The van der Waals surface area contributed by atoms with Crippen molar-refractivity contribution in [3.63, 3.8) is 0 Å². The molecule has 140 valence electrons. The van der Waals surface area contributed by atoms with Crippen molar-refractivity contribution in [2.24, 2.45) is 5.92 Å². The van der Waals surface area contributed by atoms with Gasteiger partial charge in [-0.15, -0.1) is 0 Å². The average molecular weight is 350 g/mol. The third kappa shape index (κ3) is 7.80. The molecule has 0 aromatic carbocycles. The average Bonchev–Trinajstić information content (AvgIpc) is 2.72. The number of ketones is 1. The topological polar surface area (TPSA) is 83.8 Å². The second kappa shape index (κ2) is 10.3. The number of cyclic esters (lactones) is 1. The molecule has 5 nitrogen and oxygen atoms in total. The predicted molar refractivity (Wildman–Crippen MR) is 96.6 cm³/mol. The lowest BCUT2D eigenvalue weighted by Gasteiger charge is -2.09. The summed E-state index contributed by atoms with van der Waals surface area (Å²) in [6.07, 6.45) is 6.58. The van der Waals surface area contributed by atoms with Crippen LogP contribution in [0.4, 0.5) is 0 Å². The number of esters is 1.